The highest BCUT2D eigenvalue weighted by molar-refractivity contribution is 7.99. The number of carbonyl (C=O) groups is 1. The summed E-state index contributed by atoms with van der Waals surface area (Å²) in [4.78, 5) is 15.3. The molecule has 9 heteroatoms. The van der Waals surface area contributed by atoms with E-state index in [1.807, 2.05) is 35.2 Å². The van der Waals surface area contributed by atoms with E-state index in [1.54, 1.807) is 11.8 Å². The van der Waals surface area contributed by atoms with Crippen molar-refractivity contribution in [3.05, 3.63) is 36.9 Å². The van der Waals surface area contributed by atoms with Crippen molar-refractivity contribution >= 4 is 33.6 Å². The van der Waals surface area contributed by atoms with Crippen molar-refractivity contribution < 1.29 is 13.2 Å². The molecule has 0 aromatic heterocycles. The van der Waals surface area contributed by atoms with Crippen molar-refractivity contribution in [2.45, 2.75) is 4.90 Å². The standard InChI is InChI=1S/C17H26N4O3S2/c1-4-13-25-16-8-6-5-7-15(16)18-17(22)14-20-9-11-21(12-10-20)26(23,24)19(2)3/h4-8H,1,9-14H2,2-3H3,(H,18,22). The van der Waals surface area contributed by atoms with Crippen LogP contribution in [0.1, 0.15) is 0 Å². The Morgan fingerprint density at radius 1 is 1.27 bits per heavy atom. The van der Waals surface area contributed by atoms with Crippen LogP contribution in [-0.4, -0.2) is 80.4 Å². The van der Waals surface area contributed by atoms with Gasteiger partial charge in [0.15, 0.2) is 0 Å². The van der Waals surface area contributed by atoms with Crippen molar-refractivity contribution in [1.29, 1.82) is 0 Å². The van der Waals surface area contributed by atoms with E-state index in [4.69, 9.17) is 0 Å². The second-order valence-electron chi connectivity index (χ2n) is 6.11. The zero-order chi connectivity index (χ0) is 19.2. The summed E-state index contributed by atoms with van der Waals surface area (Å²) in [5.74, 6) is 0.676. The number of rotatable bonds is 8. The minimum atomic E-state index is -3.39. The van der Waals surface area contributed by atoms with Crippen molar-refractivity contribution in [3.63, 3.8) is 0 Å². The number of nitrogens with one attached hydrogen (secondary N) is 1. The van der Waals surface area contributed by atoms with Gasteiger partial charge in [-0.15, -0.1) is 18.3 Å². The van der Waals surface area contributed by atoms with Crippen LogP contribution in [0.25, 0.3) is 0 Å². The highest BCUT2D eigenvalue weighted by Crippen LogP contribution is 2.26. The molecule has 1 heterocycles. The summed E-state index contributed by atoms with van der Waals surface area (Å²) < 4.78 is 26.9. The maximum atomic E-state index is 12.4. The third kappa shape index (κ3) is 5.55. The van der Waals surface area contributed by atoms with Crippen LogP contribution in [0.4, 0.5) is 5.69 Å². The van der Waals surface area contributed by atoms with Gasteiger partial charge in [-0.3, -0.25) is 9.69 Å². The van der Waals surface area contributed by atoms with Crippen molar-refractivity contribution in [3.8, 4) is 0 Å². The van der Waals surface area contributed by atoms with Crippen molar-refractivity contribution in [2.24, 2.45) is 0 Å². The van der Waals surface area contributed by atoms with E-state index >= 15 is 0 Å². The first kappa shape index (κ1) is 20.9. The molecule has 1 aromatic rings. The second kappa shape index (κ2) is 9.52. The summed E-state index contributed by atoms with van der Waals surface area (Å²) in [5.41, 5.74) is 0.790. The quantitative estimate of drug-likeness (QED) is 0.528. The fourth-order valence-corrected chi connectivity index (χ4v) is 4.42. The van der Waals surface area contributed by atoms with Gasteiger partial charge in [0, 0.05) is 50.9 Å². The van der Waals surface area contributed by atoms with Gasteiger partial charge in [0.05, 0.1) is 12.2 Å². The Morgan fingerprint density at radius 2 is 1.92 bits per heavy atom. The number of thioether (sulfide) groups is 1. The zero-order valence-electron chi connectivity index (χ0n) is 15.2. The molecular weight excluding hydrogens is 372 g/mol. The smallest absolute Gasteiger partial charge is 0.281 e. The Balaban J connectivity index is 1.88. The summed E-state index contributed by atoms with van der Waals surface area (Å²) in [5, 5.41) is 2.95. The molecule has 1 aliphatic heterocycles. The summed E-state index contributed by atoms with van der Waals surface area (Å²) in [7, 11) is -0.337. The lowest BCUT2D eigenvalue weighted by Crippen LogP contribution is -2.52. The second-order valence-corrected chi connectivity index (χ2v) is 9.31. The Hall–Kier alpha value is -1.39. The molecule has 0 atom stereocenters. The molecule has 1 N–H and O–H groups in total. The van der Waals surface area contributed by atoms with Gasteiger partial charge in [0.25, 0.3) is 10.2 Å². The van der Waals surface area contributed by atoms with Gasteiger partial charge >= 0.3 is 0 Å². The van der Waals surface area contributed by atoms with Crippen LogP contribution in [0.3, 0.4) is 0 Å². The van der Waals surface area contributed by atoms with Gasteiger partial charge in [-0.2, -0.15) is 17.0 Å². The van der Waals surface area contributed by atoms with Crippen molar-refractivity contribution in [1.82, 2.24) is 13.5 Å². The first-order valence-electron chi connectivity index (χ1n) is 8.37. The molecule has 1 aromatic carbocycles. The monoisotopic (exact) mass is 398 g/mol. The fourth-order valence-electron chi connectivity index (χ4n) is 2.59. The number of carbonyl (C=O) groups excluding carboxylic acids is 1. The molecule has 1 fully saturated rings. The normalized spacial score (nSPS) is 16.6. The summed E-state index contributed by atoms with van der Waals surface area (Å²) in [6.45, 7) is 5.81. The first-order chi connectivity index (χ1) is 12.3. The maximum absolute atomic E-state index is 12.4. The van der Waals surface area contributed by atoms with E-state index in [-0.39, 0.29) is 12.5 Å². The van der Waals surface area contributed by atoms with E-state index in [2.05, 4.69) is 11.9 Å². The van der Waals surface area contributed by atoms with Crippen LogP contribution in [0, 0.1) is 0 Å². The van der Waals surface area contributed by atoms with Gasteiger partial charge in [-0.25, -0.2) is 0 Å². The highest BCUT2D eigenvalue weighted by Gasteiger charge is 2.29. The van der Waals surface area contributed by atoms with Gasteiger partial charge < -0.3 is 5.32 Å². The molecule has 0 aliphatic carbocycles. The molecule has 0 spiro atoms. The molecular formula is C17H26N4O3S2. The molecule has 0 unspecified atom stereocenters. The van der Waals surface area contributed by atoms with Gasteiger partial charge in [0.1, 0.15) is 0 Å². The maximum Gasteiger partial charge on any atom is 0.281 e. The Kier molecular flexibility index (Phi) is 7.66. The SMILES string of the molecule is C=CCSc1ccccc1NC(=O)CN1CCN(S(=O)(=O)N(C)C)CC1. The third-order valence-corrected chi connectivity index (χ3v) is 7.01. The Labute approximate surface area is 160 Å². The van der Waals surface area contributed by atoms with E-state index < -0.39 is 10.2 Å². The lowest BCUT2D eigenvalue weighted by molar-refractivity contribution is -0.117. The van der Waals surface area contributed by atoms with E-state index in [9.17, 15) is 13.2 Å². The lowest BCUT2D eigenvalue weighted by atomic mass is 10.3. The van der Waals surface area contributed by atoms with Crippen molar-refractivity contribution in [2.75, 3.05) is 57.9 Å². The average molecular weight is 399 g/mol. The van der Waals surface area contributed by atoms with Crippen LogP contribution < -0.4 is 5.32 Å². The molecule has 2 rings (SSSR count). The largest absolute Gasteiger partial charge is 0.324 e. The third-order valence-electron chi connectivity index (χ3n) is 4.00. The lowest BCUT2D eigenvalue weighted by Gasteiger charge is -2.34. The molecule has 1 amide bonds. The number of nitrogens with zero attached hydrogens (tertiary/aromatic N) is 3. The van der Waals surface area contributed by atoms with Crippen LogP contribution >= 0.6 is 11.8 Å². The van der Waals surface area contributed by atoms with E-state index in [0.29, 0.717) is 26.2 Å². The fraction of sp³-hybridized carbons (Fsp3) is 0.471. The summed E-state index contributed by atoms with van der Waals surface area (Å²) in [6, 6.07) is 7.67. The van der Waals surface area contributed by atoms with E-state index in [0.717, 1.165) is 16.3 Å². The Morgan fingerprint density at radius 3 is 2.54 bits per heavy atom. The van der Waals surface area contributed by atoms with Gasteiger partial charge in [-0.05, 0) is 12.1 Å². The van der Waals surface area contributed by atoms with Crippen LogP contribution in [0.5, 0.6) is 0 Å². The van der Waals surface area contributed by atoms with Gasteiger partial charge in [0.2, 0.25) is 5.91 Å². The summed E-state index contributed by atoms with van der Waals surface area (Å²) >= 11 is 1.62. The molecule has 7 nitrogen and oxygen atoms in total. The topological polar surface area (TPSA) is 73.0 Å². The number of hydrogen-bond acceptors (Lipinski definition) is 5. The van der Waals surface area contributed by atoms with Crippen LogP contribution in [0.2, 0.25) is 0 Å². The Bertz CT molecular complexity index is 729. The first-order valence-corrected chi connectivity index (χ1v) is 10.8. The van der Waals surface area contributed by atoms with Crippen LogP contribution in [-0.2, 0) is 15.0 Å². The predicted molar refractivity (Wildman–Crippen MR) is 107 cm³/mol. The molecule has 0 bridgehead atoms. The minimum absolute atomic E-state index is 0.0967. The van der Waals surface area contributed by atoms with Crippen LogP contribution in [0.15, 0.2) is 41.8 Å². The summed E-state index contributed by atoms with van der Waals surface area (Å²) in [6.07, 6.45) is 1.82. The number of amides is 1. The molecule has 1 aliphatic rings. The number of para-hydroxylation sites is 1. The van der Waals surface area contributed by atoms with E-state index in [1.165, 1.54) is 22.7 Å². The zero-order valence-corrected chi connectivity index (χ0v) is 16.9. The number of hydrogen-bond donors (Lipinski definition) is 1. The number of anilines is 1. The predicted octanol–water partition coefficient (Wildman–Crippen LogP) is 1.33. The highest BCUT2D eigenvalue weighted by atomic mass is 32.2. The molecule has 0 saturated carbocycles. The minimum Gasteiger partial charge on any atom is -0.324 e. The number of piperazine rings is 1. The number of benzene rings is 1. The molecule has 26 heavy (non-hydrogen) atoms. The molecule has 0 radical (unpaired) electrons. The van der Waals surface area contributed by atoms with Gasteiger partial charge in [-0.1, -0.05) is 18.2 Å². The molecule has 144 valence electrons. The average Bonchev–Trinajstić information content (AvgIpc) is 2.61. The molecule has 1 saturated heterocycles.